The van der Waals surface area contributed by atoms with Gasteiger partial charge in [0.05, 0.1) is 6.54 Å². The molecule has 2 rings (SSSR count). The first-order valence-corrected chi connectivity index (χ1v) is 6.53. The standard InChI is InChI=1S/C16H16N2O3/c17-15(19)12-6-8-14(9-7-12)21-11-10-18-16(20)13-4-2-1-3-5-13/h1-9H,10-11H2,(H2,17,19)(H,18,20). The normalized spacial score (nSPS) is 9.90. The van der Waals surface area contributed by atoms with Gasteiger partial charge < -0.3 is 15.8 Å². The summed E-state index contributed by atoms with van der Waals surface area (Å²) in [5.41, 5.74) is 6.19. The number of carbonyl (C=O) groups excluding carboxylic acids is 2. The smallest absolute Gasteiger partial charge is 0.251 e. The van der Waals surface area contributed by atoms with E-state index in [0.717, 1.165) is 0 Å². The number of primary amides is 1. The maximum Gasteiger partial charge on any atom is 0.251 e. The van der Waals surface area contributed by atoms with Crippen molar-refractivity contribution >= 4 is 11.8 Å². The number of hydrogen-bond acceptors (Lipinski definition) is 3. The molecule has 0 bridgehead atoms. The summed E-state index contributed by atoms with van der Waals surface area (Å²) in [6.07, 6.45) is 0. The number of nitrogens with one attached hydrogen (secondary N) is 1. The van der Waals surface area contributed by atoms with Crippen LogP contribution in [0.5, 0.6) is 5.75 Å². The molecule has 108 valence electrons. The van der Waals surface area contributed by atoms with Crippen LogP contribution >= 0.6 is 0 Å². The lowest BCUT2D eigenvalue weighted by Gasteiger charge is -2.08. The predicted octanol–water partition coefficient (Wildman–Crippen LogP) is 1.59. The summed E-state index contributed by atoms with van der Waals surface area (Å²) in [6.45, 7) is 0.736. The Hall–Kier alpha value is -2.82. The second-order valence-corrected chi connectivity index (χ2v) is 4.36. The van der Waals surface area contributed by atoms with Gasteiger partial charge in [0.2, 0.25) is 5.91 Å². The van der Waals surface area contributed by atoms with Crippen LogP contribution in [-0.4, -0.2) is 25.0 Å². The lowest BCUT2D eigenvalue weighted by Crippen LogP contribution is -2.28. The fourth-order valence-electron chi connectivity index (χ4n) is 1.74. The zero-order chi connectivity index (χ0) is 15.1. The largest absolute Gasteiger partial charge is 0.492 e. The lowest BCUT2D eigenvalue weighted by atomic mass is 10.2. The van der Waals surface area contributed by atoms with Crippen LogP contribution in [0.25, 0.3) is 0 Å². The molecule has 2 aromatic carbocycles. The number of ether oxygens (including phenoxy) is 1. The summed E-state index contributed by atoms with van der Waals surface area (Å²) in [6, 6.07) is 15.5. The van der Waals surface area contributed by atoms with Crippen molar-refractivity contribution in [3.63, 3.8) is 0 Å². The number of nitrogens with two attached hydrogens (primary N) is 1. The molecule has 0 aliphatic heterocycles. The Balaban J connectivity index is 1.75. The van der Waals surface area contributed by atoms with Gasteiger partial charge in [-0.25, -0.2) is 0 Å². The Morgan fingerprint density at radius 3 is 2.24 bits per heavy atom. The molecule has 2 amide bonds. The first kappa shape index (κ1) is 14.6. The molecule has 21 heavy (non-hydrogen) atoms. The van der Waals surface area contributed by atoms with Gasteiger partial charge in [0.1, 0.15) is 12.4 Å². The monoisotopic (exact) mass is 284 g/mol. The molecule has 0 atom stereocenters. The van der Waals surface area contributed by atoms with Crippen LogP contribution in [0, 0.1) is 0 Å². The van der Waals surface area contributed by atoms with E-state index < -0.39 is 5.91 Å². The van der Waals surface area contributed by atoms with E-state index in [2.05, 4.69) is 5.32 Å². The van der Waals surface area contributed by atoms with Crippen molar-refractivity contribution in [1.82, 2.24) is 5.32 Å². The van der Waals surface area contributed by atoms with E-state index in [0.29, 0.717) is 30.0 Å². The van der Waals surface area contributed by atoms with Gasteiger partial charge in [0.15, 0.2) is 0 Å². The van der Waals surface area contributed by atoms with Gasteiger partial charge in [0.25, 0.3) is 5.91 Å². The third-order valence-electron chi connectivity index (χ3n) is 2.83. The molecule has 0 saturated carbocycles. The van der Waals surface area contributed by atoms with Gasteiger partial charge >= 0.3 is 0 Å². The summed E-state index contributed by atoms with van der Waals surface area (Å²) in [5.74, 6) is 0.00825. The van der Waals surface area contributed by atoms with E-state index in [1.165, 1.54) is 0 Å². The fraction of sp³-hybridized carbons (Fsp3) is 0.125. The number of amides is 2. The lowest BCUT2D eigenvalue weighted by molar-refractivity contribution is 0.0945. The van der Waals surface area contributed by atoms with Crippen molar-refractivity contribution < 1.29 is 14.3 Å². The minimum atomic E-state index is -0.475. The number of benzene rings is 2. The van der Waals surface area contributed by atoms with Crippen molar-refractivity contribution in [2.45, 2.75) is 0 Å². The van der Waals surface area contributed by atoms with E-state index in [1.807, 2.05) is 18.2 Å². The highest BCUT2D eigenvalue weighted by Crippen LogP contribution is 2.11. The summed E-state index contributed by atoms with van der Waals surface area (Å²) in [4.78, 5) is 22.7. The number of rotatable bonds is 6. The van der Waals surface area contributed by atoms with Crippen LogP contribution in [0.1, 0.15) is 20.7 Å². The van der Waals surface area contributed by atoms with Gasteiger partial charge in [-0.1, -0.05) is 18.2 Å². The average molecular weight is 284 g/mol. The molecule has 5 heteroatoms. The number of hydrogen-bond donors (Lipinski definition) is 2. The van der Waals surface area contributed by atoms with Gasteiger partial charge in [-0.15, -0.1) is 0 Å². The minimum Gasteiger partial charge on any atom is -0.492 e. The molecule has 0 aliphatic carbocycles. The van der Waals surface area contributed by atoms with E-state index in [9.17, 15) is 9.59 Å². The second-order valence-electron chi connectivity index (χ2n) is 4.36. The molecule has 0 aromatic heterocycles. The van der Waals surface area contributed by atoms with Crippen molar-refractivity contribution in [2.24, 2.45) is 5.73 Å². The zero-order valence-corrected chi connectivity index (χ0v) is 11.4. The molecular weight excluding hydrogens is 268 g/mol. The topological polar surface area (TPSA) is 81.4 Å². The van der Waals surface area contributed by atoms with Crippen molar-refractivity contribution in [2.75, 3.05) is 13.2 Å². The highest BCUT2D eigenvalue weighted by atomic mass is 16.5. The quantitative estimate of drug-likeness (QED) is 0.790. The maximum absolute atomic E-state index is 11.8. The molecule has 0 aliphatic rings. The molecular formula is C16H16N2O3. The molecule has 0 heterocycles. The molecule has 0 unspecified atom stereocenters. The van der Waals surface area contributed by atoms with Gasteiger partial charge in [-0.3, -0.25) is 9.59 Å². The summed E-state index contributed by atoms with van der Waals surface area (Å²) >= 11 is 0. The van der Waals surface area contributed by atoms with Crippen LogP contribution < -0.4 is 15.8 Å². The third-order valence-corrected chi connectivity index (χ3v) is 2.83. The molecule has 2 aromatic rings. The zero-order valence-electron chi connectivity index (χ0n) is 11.4. The fourth-order valence-corrected chi connectivity index (χ4v) is 1.74. The van der Waals surface area contributed by atoms with Crippen molar-refractivity contribution in [3.8, 4) is 5.75 Å². The second kappa shape index (κ2) is 7.09. The Morgan fingerprint density at radius 2 is 1.62 bits per heavy atom. The van der Waals surface area contributed by atoms with E-state index >= 15 is 0 Å². The molecule has 0 saturated heterocycles. The van der Waals surface area contributed by atoms with Crippen molar-refractivity contribution in [1.29, 1.82) is 0 Å². The highest BCUT2D eigenvalue weighted by Gasteiger charge is 2.03. The van der Waals surface area contributed by atoms with Crippen LogP contribution in [0.15, 0.2) is 54.6 Å². The molecule has 3 N–H and O–H groups in total. The maximum atomic E-state index is 11.8. The third kappa shape index (κ3) is 4.35. The Kier molecular flexibility index (Phi) is 4.93. The molecule has 5 nitrogen and oxygen atoms in total. The summed E-state index contributed by atoms with van der Waals surface area (Å²) < 4.78 is 5.46. The molecule has 0 spiro atoms. The van der Waals surface area contributed by atoms with Crippen molar-refractivity contribution in [3.05, 3.63) is 65.7 Å². The highest BCUT2D eigenvalue weighted by molar-refractivity contribution is 5.94. The minimum absolute atomic E-state index is 0.136. The Labute approximate surface area is 122 Å². The summed E-state index contributed by atoms with van der Waals surface area (Å²) in [5, 5.41) is 2.76. The summed E-state index contributed by atoms with van der Waals surface area (Å²) in [7, 11) is 0. The van der Waals surface area contributed by atoms with Gasteiger partial charge in [0, 0.05) is 11.1 Å². The van der Waals surface area contributed by atoms with Crippen LogP contribution in [-0.2, 0) is 0 Å². The predicted molar refractivity (Wildman–Crippen MR) is 79.2 cm³/mol. The SMILES string of the molecule is NC(=O)c1ccc(OCCNC(=O)c2ccccc2)cc1. The van der Waals surface area contributed by atoms with Crippen LogP contribution in [0.3, 0.4) is 0 Å². The Bertz CT molecular complexity index is 609. The average Bonchev–Trinajstić information content (AvgIpc) is 2.52. The Morgan fingerprint density at radius 1 is 0.952 bits per heavy atom. The molecule has 0 radical (unpaired) electrons. The van der Waals surface area contributed by atoms with Crippen LogP contribution in [0.4, 0.5) is 0 Å². The van der Waals surface area contributed by atoms with Gasteiger partial charge in [-0.2, -0.15) is 0 Å². The van der Waals surface area contributed by atoms with E-state index in [1.54, 1.807) is 36.4 Å². The van der Waals surface area contributed by atoms with E-state index in [-0.39, 0.29) is 5.91 Å². The van der Waals surface area contributed by atoms with E-state index in [4.69, 9.17) is 10.5 Å². The first-order chi connectivity index (χ1) is 10.2. The number of carbonyl (C=O) groups is 2. The van der Waals surface area contributed by atoms with Crippen LogP contribution in [0.2, 0.25) is 0 Å². The van der Waals surface area contributed by atoms with Gasteiger partial charge in [-0.05, 0) is 36.4 Å². The first-order valence-electron chi connectivity index (χ1n) is 6.53. The molecule has 0 fully saturated rings.